The molecule has 0 spiro atoms. The third kappa shape index (κ3) is 9.94. The number of hydrogen-bond donors (Lipinski definition) is 0. The van der Waals surface area contributed by atoms with Crippen LogP contribution < -0.4 is 0 Å². The van der Waals surface area contributed by atoms with Gasteiger partial charge in [0.1, 0.15) is 0 Å². The van der Waals surface area contributed by atoms with Gasteiger partial charge in [0.2, 0.25) is 0 Å². The standard InChI is InChI=1S/C17H36O/c1-14(2,3)11-17(10,12-15(4,5)6)13-18-16(7,8)9/h11-13H2,1-10H3. The highest BCUT2D eigenvalue weighted by Crippen LogP contribution is 2.42. The maximum Gasteiger partial charge on any atom is 0.0598 e. The summed E-state index contributed by atoms with van der Waals surface area (Å²) in [6.45, 7) is 23.6. The van der Waals surface area contributed by atoms with Gasteiger partial charge in [-0.1, -0.05) is 48.5 Å². The molecule has 18 heavy (non-hydrogen) atoms. The number of hydrogen-bond acceptors (Lipinski definition) is 1. The molecule has 0 unspecified atom stereocenters. The molecule has 0 aliphatic carbocycles. The highest BCUT2D eigenvalue weighted by Gasteiger charge is 2.35. The van der Waals surface area contributed by atoms with Gasteiger partial charge in [0.05, 0.1) is 12.2 Å². The molecule has 0 fully saturated rings. The summed E-state index contributed by atoms with van der Waals surface area (Å²) in [5, 5.41) is 0. The molecule has 0 saturated heterocycles. The molecule has 0 radical (unpaired) electrons. The number of ether oxygens (including phenoxy) is 1. The first-order valence-corrected chi connectivity index (χ1v) is 7.26. The Bertz CT molecular complexity index is 228. The molecule has 0 heterocycles. The second kappa shape index (κ2) is 5.53. The van der Waals surface area contributed by atoms with Crippen molar-refractivity contribution in [2.24, 2.45) is 16.2 Å². The Morgan fingerprint density at radius 1 is 0.611 bits per heavy atom. The molecule has 0 aromatic heterocycles. The monoisotopic (exact) mass is 256 g/mol. The average Bonchev–Trinajstić information content (AvgIpc) is 1.91. The first-order valence-electron chi connectivity index (χ1n) is 7.26. The van der Waals surface area contributed by atoms with Crippen molar-refractivity contribution >= 4 is 0 Å². The van der Waals surface area contributed by atoms with Crippen LogP contribution in [-0.2, 0) is 4.74 Å². The molecule has 1 nitrogen and oxygen atoms in total. The van der Waals surface area contributed by atoms with Gasteiger partial charge in [0.15, 0.2) is 0 Å². The van der Waals surface area contributed by atoms with Crippen LogP contribution in [0.4, 0.5) is 0 Å². The molecule has 0 aliphatic rings. The smallest absolute Gasteiger partial charge is 0.0598 e. The molecule has 0 aliphatic heterocycles. The Labute approximate surface area is 116 Å². The lowest BCUT2D eigenvalue weighted by Gasteiger charge is -2.41. The molecule has 0 saturated carbocycles. The first-order chi connectivity index (χ1) is 7.62. The minimum Gasteiger partial charge on any atom is -0.375 e. The van der Waals surface area contributed by atoms with E-state index < -0.39 is 0 Å². The van der Waals surface area contributed by atoms with E-state index in [1.54, 1.807) is 0 Å². The third-order valence-corrected chi connectivity index (χ3v) is 2.77. The Kier molecular flexibility index (Phi) is 5.51. The molecular weight excluding hydrogens is 220 g/mol. The second-order valence-corrected chi connectivity index (χ2v) is 9.69. The van der Waals surface area contributed by atoms with Crippen LogP contribution in [-0.4, -0.2) is 12.2 Å². The third-order valence-electron chi connectivity index (χ3n) is 2.77. The van der Waals surface area contributed by atoms with Crippen LogP contribution in [0.15, 0.2) is 0 Å². The zero-order valence-corrected chi connectivity index (χ0v) is 14.5. The topological polar surface area (TPSA) is 9.23 Å². The van der Waals surface area contributed by atoms with Crippen molar-refractivity contribution in [3.8, 4) is 0 Å². The van der Waals surface area contributed by atoms with Gasteiger partial charge >= 0.3 is 0 Å². The Morgan fingerprint density at radius 2 is 0.944 bits per heavy atom. The normalized spacial score (nSPS) is 15.0. The van der Waals surface area contributed by atoms with Crippen LogP contribution in [0.2, 0.25) is 0 Å². The van der Waals surface area contributed by atoms with Crippen LogP contribution in [0.3, 0.4) is 0 Å². The van der Waals surface area contributed by atoms with Gasteiger partial charge in [-0.15, -0.1) is 0 Å². The van der Waals surface area contributed by atoms with Gasteiger partial charge in [-0.2, -0.15) is 0 Å². The molecule has 0 bridgehead atoms. The molecule has 1 heteroatoms. The lowest BCUT2D eigenvalue weighted by atomic mass is 9.68. The largest absolute Gasteiger partial charge is 0.375 e. The summed E-state index contributed by atoms with van der Waals surface area (Å²) >= 11 is 0. The SMILES string of the molecule is CC(C)(C)CC(C)(COC(C)(C)C)CC(C)(C)C. The Morgan fingerprint density at radius 3 is 1.17 bits per heavy atom. The molecule has 0 aromatic rings. The lowest BCUT2D eigenvalue weighted by molar-refractivity contribution is -0.0688. The van der Waals surface area contributed by atoms with E-state index in [2.05, 4.69) is 69.2 Å². The van der Waals surface area contributed by atoms with Crippen LogP contribution in [0.5, 0.6) is 0 Å². The molecule has 0 N–H and O–H groups in total. The van der Waals surface area contributed by atoms with Crippen LogP contribution in [0, 0.1) is 16.2 Å². The van der Waals surface area contributed by atoms with Crippen molar-refractivity contribution in [1.29, 1.82) is 0 Å². The molecule has 0 rings (SSSR count). The lowest BCUT2D eigenvalue weighted by Crippen LogP contribution is -2.36. The van der Waals surface area contributed by atoms with Crippen molar-refractivity contribution in [3.05, 3.63) is 0 Å². The Balaban J connectivity index is 4.81. The van der Waals surface area contributed by atoms with E-state index in [0.29, 0.717) is 10.8 Å². The van der Waals surface area contributed by atoms with Gasteiger partial charge in [-0.3, -0.25) is 0 Å². The summed E-state index contributed by atoms with van der Waals surface area (Å²) in [5.41, 5.74) is 0.906. The minimum atomic E-state index is -0.0446. The van der Waals surface area contributed by atoms with E-state index in [1.807, 2.05) is 0 Å². The average molecular weight is 256 g/mol. The van der Waals surface area contributed by atoms with Crippen molar-refractivity contribution in [3.63, 3.8) is 0 Å². The fraction of sp³-hybridized carbons (Fsp3) is 1.00. The number of rotatable bonds is 4. The van der Waals surface area contributed by atoms with Gasteiger partial charge in [0, 0.05) is 0 Å². The van der Waals surface area contributed by atoms with E-state index in [4.69, 9.17) is 4.74 Å². The maximum atomic E-state index is 6.09. The second-order valence-electron chi connectivity index (χ2n) is 9.69. The van der Waals surface area contributed by atoms with Crippen molar-refractivity contribution in [1.82, 2.24) is 0 Å². The summed E-state index contributed by atoms with van der Waals surface area (Å²) < 4.78 is 6.09. The summed E-state index contributed by atoms with van der Waals surface area (Å²) in [6, 6.07) is 0. The van der Waals surface area contributed by atoms with Gasteiger partial charge in [-0.25, -0.2) is 0 Å². The van der Waals surface area contributed by atoms with E-state index in [1.165, 1.54) is 12.8 Å². The summed E-state index contributed by atoms with van der Waals surface area (Å²) in [6.07, 6.45) is 2.40. The molecule has 0 atom stereocenters. The molecule has 0 amide bonds. The molecule has 0 aromatic carbocycles. The van der Waals surface area contributed by atoms with Gasteiger partial charge < -0.3 is 4.74 Å². The van der Waals surface area contributed by atoms with Crippen LogP contribution in [0.25, 0.3) is 0 Å². The zero-order valence-electron chi connectivity index (χ0n) is 14.5. The van der Waals surface area contributed by atoms with E-state index in [-0.39, 0.29) is 11.0 Å². The highest BCUT2D eigenvalue weighted by molar-refractivity contribution is 4.85. The fourth-order valence-electron chi connectivity index (χ4n) is 3.12. The highest BCUT2D eigenvalue weighted by atomic mass is 16.5. The van der Waals surface area contributed by atoms with E-state index >= 15 is 0 Å². The van der Waals surface area contributed by atoms with Gasteiger partial charge in [-0.05, 0) is 49.9 Å². The van der Waals surface area contributed by atoms with Gasteiger partial charge in [0.25, 0.3) is 0 Å². The predicted molar refractivity (Wildman–Crippen MR) is 82.0 cm³/mol. The van der Waals surface area contributed by atoms with E-state index in [9.17, 15) is 0 Å². The van der Waals surface area contributed by atoms with Crippen molar-refractivity contribution in [2.45, 2.75) is 87.7 Å². The molecule has 110 valence electrons. The van der Waals surface area contributed by atoms with Crippen molar-refractivity contribution < 1.29 is 4.74 Å². The predicted octanol–water partition coefficient (Wildman–Crippen LogP) is 5.68. The first kappa shape index (κ1) is 18.0. The maximum absolute atomic E-state index is 6.09. The quantitative estimate of drug-likeness (QED) is 0.628. The van der Waals surface area contributed by atoms with Crippen LogP contribution >= 0.6 is 0 Å². The zero-order chi connectivity index (χ0) is 14.8. The minimum absolute atomic E-state index is 0.0446. The van der Waals surface area contributed by atoms with Crippen LogP contribution in [0.1, 0.15) is 82.1 Å². The van der Waals surface area contributed by atoms with E-state index in [0.717, 1.165) is 6.61 Å². The Hall–Kier alpha value is -0.0400. The van der Waals surface area contributed by atoms with Crippen molar-refractivity contribution in [2.75, 3.05) is 6.61 Å². The molecular formula is C17H36O. The fourth-order valence-corrected chi connectivity index (χ4v) is 3.12. The summed E-state index contributed by atoms with van der Waals surface area (Å²) in [4.78, 5) is 0. The summed E-state index contributed by atoms with van der Waals surface area (Å²) in [7, 11) is 0. The summed E-state index contributed by atoms with van der Waals surface area (Å²) in [5.74, 6) is 0.